The van der Waals surface area contributed by atoms with Crippen LogP contribution in [0.3, 0.4) is 0 Å². The zero-order valence-electron chi connectivity index (χ0n) is 12.6. The summed E-state index contributed by atoms with van der Waals surface area (Å²) in [5, 5.41) is 0. The Morgan fingerprint density at radius 2 is 2.14 bits per heavy atom. The second kappa shape index (κ2) is 8.14. The normalized spacial score (nSPS) is 16.5. The van der Waals surface area contributed by atoms with Crippen LogP contribution in [-0.4, -0.2) is 37.2 Å². The van der Waals surface area contributed by atoms with Crippen molar-refractivity contribution in [3.63, 3.8) is 0 Å². The Hall–Kier alpha value is -1.41. The molecule has 2 rings (SSSR count). The third-order valence-electron chi connectivity index (χ3n) is 3.72. The van der Waals surface area contributed by atoms with Crippen LogP contribution in [0.4, 0.5) is 4.39 Å². The monoisotopic (exact) mass is 290 g/mol. The largest absolute Gasteiger partial charge is 0.378 e. The molecular formula is C17H23FN2O. The molecule has 0 radical (unpaired) electrons. The first-order valence-corrected chi connectivity index (χ1v) is 7.54. The highest BCUT2D eigenvalue weighted by Crippen LogP contribution is 2.18. The van der Waals surface area contributed by atoms with Gasteiger partial charge in [0.2, 0.25) is 0 Å². The van der Waals surface area contributed by atoms with E-state index in [0.717, 1.165) is 38.1 Å². The van der Waals surface area contributed by atoms with E-state index in [1.807, 2.05) is 19.1 Å². The number of hydrogen-bond donors (Lipinski definition) is 1. The summed E-state index contributed by atoms with van der Waals surface area (Å²) in [7, 11) is 0. The average molecular weight is 290 g/mol. The topological polar surface area (TPSA) is 38.5 Å². The van der Waals surface area contributed by atoms with Crippen LogP contribution in [0, 0.1) is 17.7 Å². The molecular weight excluding hydrogens is 267 g/mol. The maximum Gasteiger partial charge on any atom is 0.128 e. The summed E-state index contributed by atoms with van der Waals surface area (Å²) in [6.07, 6.45) is 2.41. The van der Waals surface area contributed by atoms with E-state index >= 15 is 0 Å². The third-order valence-corrected chi connectivity index (χ3v) is 3.72. The number of piperidine rings is 1. The molecule has 1 heterocycles. The van der Waals surface area contributed by atoms with E-state index in [1.165, 1.54) is 6.07 Å². The van der Waals surface area contributed by atoms with Gasteiger partial charge in [-0.1, -0.05) is 17.9 Å². The molecule has 0 bridgehead atoms. The molecule has 1 aliphatic heterocycles. The lowest BCUT2D eigenvalue weighted by Crippen LogP contribution is -2.36. The van der Waals surface area contributed by atoms with Crippen molar-refractivity contribution in [2.45, 2.75) is 32.4 Å². The molecule has 0 atom stereocenters. The minimum atomic E-state index is -0.189. The van der Waals surface area contributed by atoms with Gasteiger partial charge < -0.3 is 10.5 Å². The Bertz CT molecular complexity index is 513. The lowest BCUT2D eigenvalue weighted by atomic mass is 10.1. The van der Waals surface area contributed by atoms with E-state index in [2.05, 4.69) is 16.7 Å². The quantitative estimate of drug-likeness (QED) is 0.864. The van der Waals surface area contributed by atoms with Crippen molar-refractivity contribution in [2.24, 2.45) is 5.73 Å². The second-order valence-electron chi connectivity index (χ2n) is 5.24. The van der Waals surface area contributed by atoms with Crippen molar-refractivity contribution in [1.29, 1.82) is 0 Å². The molecule has 1 saturated heterocycles. The summed E-state index contributed by atoms with van der Waals surface area (Å²) < 4.78 is 19.7. The lowest BCUT2D eigenvalue weighted by molar-refractivity contribution is 0.0123. The number of nitrogens with zero attached hydrogens (tertiary/aromatic N) is 1. The highest BCUT2D eigenvalue weighted by Gasteiger charge is 2.20. The molecule has 0 amide bonds. The van der Waals surface area contributed by atoms with Gasteiger partial charge in [-0.2, -0.15) is 0 Å². The average Bonchev–Trinajstić information content (AvgIpc) is 2.50. The highest BCUT2D eigenvalue weighted by atomic mass is 19.1. The summed E-state index contributed by atoms with van der Waals surface area (Å²) in [6.45, 7) is 5.65. The summed E-state index contributed by atoms with van der Waals surface area (Å²) in [5.74, 6) is 5.40. The molecule has 0 spiro atoms. The molecule has 0 saturated carbocycles. The van der Waals surface area contributed by atoms with Gasteiger partial charge in [0, 0.05) is 37.4 Å². The second-order valence-corrected chi connectivity index (χ2v) is 5.24. The lowest BCUT2D eigenvalue weighted by Gasteiger charge is -2.31. The fourth-order valence-corrected chi connectivity index (χ4v) is 2.62. The third kappa shape index (κ3) is 4.82. The van der Waals surface area contributed by atoms with Crippen LogP contribution >= 0.6 is 0 Å². The van der Waals surface area contributed by atoms with E-state index in [4.69, 9.17) is 10.5 Å². The van der Waals surface area contributed by atoms with Crippen LogP contribution in [0.25, 0.3) is 0 Å². The summed E-state index contributed by atoms with van der Waals surface area (Å²) >= 11 is 0. The standard InChI is InChI=1S/C17H23FN2O/c1-2-21-16-7-10-20(11-8-16)13-15-6-5-14(4-3-9-19)12-17(15)18/h5-6,12,16H,2,7-11,13,19H2,1H3. The number of likely N-dealkylation sites (tertiary alicyclic amines) is 1. The molecule has 1 aliphatic rings. The van der Waals surface area contributed by atoms with Gasteiger partial charge in [-0.15, -0.1) is 0 Å². The summed E-state index contributed by atoms with van der Waals surface area (Å²) in [6, 6.07) is 5.17. The fraction of sp³-hybridized carbons (Fsp3) is 0.529. The van der Waals surface area contributed by atoms with Crippen LogP contribution < -0.4 is 5.73 Å². The van der Waals surface area contributed by atoms with Crippen molar-refractivity contribution in [1.82, 2.24) is 4.90 Å². The molecule has 0 aromatic heterocycles. The van der Waals surface area contributed by atoms with Gasteiger partial charge in [-0.3, -0.25) is 4.90 Å². The molecule has 0 unspecified atom stereocenters. The van der Waals surface area contributed by atoms with E-state index < -0.39 is 0 Å². The van der Waals surface area contributed by atoms with Gasteiger partial charge in [0.15, 0.2) is 0 Å². The summed E-state index contributed by atoms with van der Waals surface area (Å²) in [4.78, 5) is 2.28. The predicted molar refractivity (Wildman–Crippen MR) is 82.3 cm³/mol. The minimum Gasteiger partial charge on any atom is -0.378 e. The van der Waals surface area contributed by atoms with Crippen LogP contribution in [-0.2, 0) is 11.3 Å². The first-order valence-electron chi connectivity index (χ1n) is 7.54. The Kier molecular flexibility index (Phi) is 6.19. The van der Waals surface area contributed by atoms with Crippen LogP contribution in [0.15, 0.2) is 18.2 Å². The Balaban J connectivity index is 1.92. The molecule has 0 aliphatic carbocycles. The zero-order chi connectivity index (χ0) is 15.1. The van der Waals surface area contributed by atoms with Crippen LogP contribution in [0.1, 0.15) is 30.9 Å². The van der Waals surface area contributed by atoms with E-state index in [9.17, 15) is 4.39 Å². The van der Waals surface area contributed by atoms with Crippen molar-refractivity contribution in [2.75, 3.05) is 26.2 Å². The molecule has 114 valence electrons. The molecule has 21 heavy (non-hydrogen) atoms. The summed E-state index contributed by atoms with van der Waals surface area (Å²) in [5.41, 5.74) is 6.72. The first-order chi connectivity index (χ1) is 10.2. The first kappa shape index (κ1) is 16.0. The molecule has 2 N–H and O–H groups in total. The van der Waals surface area contributed by atoms with Gasteiger partial charge in [-0.25, -0.2) is 4.39 Å². The number of halogens is 1. The number of benzene rings is 1. The van der Waals surface area contributed by atoms with E-state index in [-0.39, 0.29) is 12.4 Å². The Labute approximate surface area is 126 Å². The molecule has 1 aromatic rings. The number of ether oxygens (including phenoxy) is 1. The smallest absolute Gasteiger partial charge is 0.128 e. The van der Waals surface area contributed by atoms with Gasteiger partial charge in [0.25, 0.3) is 0 Å². The molecule has 4 heteroatoms. The maximum absolute atomic E-state index is 14.1. The number of nitrogens with two attached hydrogens (primary N) is 1. The maximum atomic E-state index is 14.1. The number of hydrogen-bond acceptors (Lipinski definition) is 3. The van der Waals surface area contributed by atoms with Crippen molar-refractivity contribution < 1.29 is 9.13 Å². The van der Waals surface area contributed by atoms with Gasteiger partial charge >= 0.3 is 0 Å². The van der Waals surface area contributed by atoms with Crippen molar-refractivity contribution in [3.05, 3.63) is 35.1 Å². The van der Waals surface area contributed by atoms with Gasteiger partial charge in [-0.05, 0) is 31.9 Å². The van der Waals surface area contributed by atoms with Gasteiger partial charge in [0.1, 0.15) is 5.82 Å². The van der Waals surface area contributed by atoms with E-state index in [0.29, 0.717) is 18.2 Å². The molecule has 1 fully saturated rings. The zero-order valence-corrected chi connectivity index (χ0v) is 12.6. The molecule has 1 aromatic carbocycles. The number of rotatable bonds is 4. The molecule has 3 nitrogen and oxygen atoms in total. The van der Waals surface area contributed by atoms with Crippen molar-refractivity contribution in [3.8, 4) is 11.8 Å². The Morgan fingerprint density at radius 3 is 2.76 bits per heavy atom. The highest BCUT2D eigenvalue weighted by molar-refractivity contribution is 5.37. The van der Waals surface area contributed by atoms with Gasteiger partial charge in [0.05, 0.1) is 12.6 Å². The predicted octanol–water partition coefficient (Wildman–Crippen LogP) is 2.14. The van der Waals surface area contributed by atoms with Crippen molar-refractivity contribution >= 4 is 0 Å². The fourth-order valence-electron chi connectivity index (χ4n) is 2.62. The van der Waals surface area contributed by atoms with Crippen LogP contribution in [0.2, 0.25) is 0 Å². The SMILES string of the molecule is CCOC1CCN(Cc2ccc(C#CCN)cc2F)CC1. The van der Waals surface area contributed by atoms with E-state index in [1.54, 1.807) is 0 Å². The Morgan fingerprint density at radius 1 is 1.38 bits per heavy atom. The minimum absolute atomic E-state index is 0.189. The van der Waals surface area contributed by atoms with Crippen LogP contribution in [0.5, 0.6) is 0 Å².